The van der Waals surface area contributed by atoms with E-state index in [1.54, 1.807) is 18.4 Å². The lowest BCUT2D eigenvalue weighted by Crippen LogP contribution is -2.38. The van der Waals surface area contributed by atoms with E-state index < -0.39 is 0 Å². The Bertz CT molecular complexity index is 591. The van der Waals surface area contributed by atoms with Gasteiger partial charge in [0.2, 0.25) is 0 Å². The Labute approximate surface area is 129 Å². The van der Waals surface area contributed by atoms with Gasteiger partial charge in [0.1, 0.15) is 6.10 Å². The summed E-state index contributed by atoms with van der Waals surface area (Å²) < 4.78 is 11.4. The van der Waals surface area contributed by atoms with Crippen LogP contribution in [0.25, 0.3) is 0 Å². The molecule has 1 fully saturated rings. The summed E-state index contributed by atoms with van der Waals surface area (Å²) in [7, 11) is 1.68. The van der Waals surface area contributed by atoms with Crippen LogP contribution in [-0.2, 0) is 0 Å². The lowest BCUT2D eigenvalue weighted by molar-refractivity contribution is 0.164. The predicted octanol–water partition coefficient (Wildman–Crippen LogP) is 3.51. The molecule has 0 unspecified atom stereocenters. The summed E-state index contributed by atoms with van der Waals surface area (Å²) in [6, 6.07) is 7.84. The highest BCUT2D eigenvalue weighted by molar-refractivity contribution is 7.13. The fourth-order valence-corrected chi connectivity index (χ4v) is 3.40. The van der Waals surface area contributed by atoms with Crippen LogP contribution in [0.5, 0.6) is 11.5 Å². The van der Waals surface area contributed by atoms with E-state index in [1.165, 1.54) is 0 Å². The zero-order chi connectivity index (χ0) is 14.7. The average molecular weight is 304 g/mol. The molecule has 1 aromatic heterocycles. The number of aryl methyl sites for hydroxylation is 1. The van der Waals surface area contributed by atoms with Crippen molar-refractivity contribution in [3.8, 4) is 11.5 Å². The number of nitrogens with zero attached hydrogens (tertiary/aromatic N) is 2. The molecule has 0 spiro atoms. The van der Waals surface area contributed by atoms with Crippen molar-refractivity contribution in [3.63, 3.8) is 0 Å². The molecule has 2 heterocycles. The van der Waals surface area contributed by atoms with E-state index >= 15 is 0 Å². The molecule has 2 aromatic rings. The van der Waals surface area contributed by atoms with Crippen molar-refractivity contribution in [1.29, 1.82) is 0 Å². The Hall–Kier alpha value is -1.75. The molecule has 0 atom stereocenters. The van der Waals surface area contributed by atoms with Gasteiger partial charge in [-0.05, 0) is 19.1 Å². The van der Waals surface area contributed by atoms with E-state index in [-0.39, 0.29) is 6.10 Å². The maximum Gasteiger partial charge on any atom is 0.185 e. The molecule has 1 saturated heterocycles. The largest absolute Gasteiger partial charge is 0.493 e. The topological polar surface area (TPSA) is 34.6 Å². The number of ether oxygens (including phenoxy) is 2. The van der Waals surface area contributed by atoms with E-state index in [2.05, 4.69) is 15.3 Å². The van der Waals surface area contributed by atoms with Crippen LogP contribution in [0.2, 0.25) is 0 Å². The van der Waals surface area contributed by atoms with Gasteiger partial charge in [0.25, 0.3) is 0 Å². The van der Waals surface area contributed by atoms with Crippen molar-refractivity contribution in [2.45, 2.75) is 25.9 Å². The van der Waals surface area contributed by atoms with Gasteiger partial charge in [-0.25, -0.2) is 4.98 Å². The molecule has 21 heavy (non-hydrogen) atoms. The number of piperidine rings is 1. The molecule has 0 N–H and O–H groups in total. The quantitative estimate of drug-likeness (QED) is 0.866. The fourth-order valence-electron chi connectivity index (χ4n) is 2.55. The van der Waals surface area contributed by atoms with E-state index in [0.29, 0.717) is 0 Å². The van der Waals surface area contributed by atoms with Crippen molar-refractivity contribution in [2.24, 2.45) is 0 Å². The highest BCUT2D eigenvalue weighted by Gasteiger charge is 2.23. The number of hydrogen-bond acceptors (Lipinski definition) is 5. The second-order valence-electron chi connectivity index (χ2n) is 5.23. The zero-order valence-corrected chi connectivity index (χ0v) is 13.2. The molecule has 4 nitrogen and oxygen atoms in total. The third-order valence-corrected chi connectivity index (χ3v) is 4.70. The summed E-state index contributed by atoms with van der Waals surface area (Å²) in [6.45, 7) is 4.02. The Morgan fingerprint density at radius 2 is 1.90 bits per heavy atom. The van der Waals surface area contributed by atoms with Crippen molar-refractivity contribution < 1.29 is 9.47 Å². The van der Waals surface area contributed by atoms with Gasteiger partial charge >= 0.3 is 0 Å². The van der Waals surface area contributed by atoms with E-state index in [9.17, 15) is 0 Å². The van der Waals surface area contributed by atoms with Gasteiger partial charge in [0.05, 0.1) is 12.8 Å². The number of methoxy groups -OCH3 is 1. The molecule has 5 heteroatoms. The Morgan fingerprint density at radius 3 is 2.52 bits per heavy atom. The number of para-hydroxylation sites is 2. The van der Waals surface area contributed by atoms with E-state index in [4.69, 9.17) is 9.47 Å². The smallest absolute Gasteiger partial charge is 0.185 e. The molecule has 0 bridgehead atoms. The van der Waals surface area contributed by atoms with Crippen LogP contribution >= 0.6 is 11.3 Å². The molecular weight excluding hydrogens is 284 g/mol. The maximum atomic E-state index is 6.10. The number of hydrogen-bond donors (Lipinski definition) is 0. The molecule has 0 aliphatic carbocycles. The Kier molecular flexibility index (Phi) is 4.29. The van der Waals surface area contributed by atoms with Gasteiger partial charge in [-0.15, -0.1) is 11.3 Å². The first-order valence-corrected chi connectivity index (χ1v) is 8.11. The van der Waals surface area contributed by atoms with Crippen molar-refractivity contribution in [2.75, 3.05) is 25.1 Å². The Balaban J connectivity index is 1.58. The number of anilines is 1. The zero-order valence-electron chi connectivity index (χ0n) is 12.4. The number of aromatic nitrogens is 1. The summed E-state index contributed by atoms with van der Waals surface area (Å²) >= 11 is 1.72. The van der Waals surface area contributed by atoms with E-state index in [1.807, 2.05) is 31.2 Å². The molecule has 0 saturated carbocycles. The van der Waals surface area contributed by atoms with Crippen LogP contribution < -0.4 is 14.4 Å². The first kappa shape index (κ1) is 14.2. The first-order valence-electron chi connectivity index (χ1n) is 7.23. The van der Waals surface area contributed by atoms with Gasteiger partial charge in [-0.3, -0.25) is 0 Å². The molecule has 112 valence electrons. The lowest BCUT2D eigenvalue weighted by Gasteiger charge is -2.32. The van der Waals surface area contributed by atoms with Gasteiger partial charge in [0, 0.05) is 31.3 Å². The molecule has 1 aromatic carbocycles. The Morgan fingerprint density at radius 1 is 1.19 bits per heavy atom. The summed E-state index contributed by atoms with van der Waals surface area (Å²) in [6.07, 6.45) is 2.27. The number of thiazole rings is 1. The minimum absolute atomic E-state index is 0.249. The molecule has 3 rings (SSSR count). The van der Waals surface area contributed by atoms with Crippen molar-refractivity contribution in [3.05, 3.63) is 35.3 Å². The molecule has 1 aliphatic heterocycles. The average Bonchev–Trinajstić information content (AvgIpc) is 2.95. The summed E-state index contributed by atoms with van der Waals surface area (Å²) in [5.41, 5.74) is 1.10. The number of rotatable bonds is 4. The summed E-state index contributed by atoms with van der Waals surface area (Å²) in [5, 5.41) is 3.23. The highest BCUT2D eigenvalue weighted by Crippen LogP contribution is 2.30. The minimum Gasteiger partial charge on any atom is -0.493 e. The molecular formula is C16H20N2O2S. The predicted molar refractivity (Wildman–Crippen MR) is 85.7 cm³/mol. The second-order valence-corrected chi connectivity index (χ2v) is 6.06. The highest BCUT2D eigenvalue weighted by atomic mass is 32.1. The minimum atomic E-state index is 0.249. The maximum absolute atomic E-state index is 6.10. The fraction of sp³-hybridized carbons (Fsp3) is 0.438. The van der Waals surface area contributed by atoms with Crippen LogP contribution in [0.4, 0.5) is 5.13 Å². The van der Waals surface area contributed by atoms with Crippen LogP contribution in [0, 0.1) is 6.92 Å². The van der Waals surface area contributed by atoms with Gasteiger partial charge in [-0.2, -0.15) is 0 Å². The number of benzene rings is 1. The first-order chi connectivity index (χ1) is 10.3. The molecule has 1 aliphatic rings. The van der Waals surface area contributed by atoms with Gasteiger partial charge < -0.3 is 14.4 Å². The van der Waals surface area contributed by atoms with Crippen LogP contribution in [-0.4, -0.2) is 31.3 Å². The molecule has 0 amide bonds. The van der Waals surface area contributed by atoms with E-state index in [0.717, 1.165) is 48.3 Å². The summed E-state index contributed by atoms with van der Waals surface area (Å²) in [4.78, 5) is 6.90. The third-order valence-electron chi connectivity index (χ3n) is 3.68. The third kappa shape index (κ3) is 3.29. The SMILES string of the molecule is COc1ccccc1OC1CCN(c2nc(C)cs2)CC1. The molecule has 0 radical (unpaired) electrons. The van der Waals surface area contributed by atoms with Gasteiger partial charge in [0.15, 0.2) is 16.6 Å². The second kappa shape index (κ2) is 6.35. The van der Waals surface area contributed by atoms with Crippen LogP contribution in [0.1, 0.15) is 18.5 Å². The standard InChI is InChI=1S/C16H20N2O2S/c1-12-11-21-16(17-12)18-9-7-13(8-10-18)20-15-6-4-3-5-14(15)19-2/h3-6,11,13H,7-10H2,1-2H3. The summed E-state index contributed by atoms with van der Waals surface area (Å²) in [5.74, 6) is 1.64. The normalized spacial score (nSPS) is 16.0. The van der Waals surface area contributed by atoms with Crippen molar-refractivity contribution in [1.82, 2.24) is 4.98 Å². The monoisotopic (exact) mass is 304 g/mol. The van der Waals surface area contributed by atoms with Crippen molar-refractivity contribution >= 4 is 16.5 Å². The van der Waals surface area contributed by atoms with Crippen LogP contribution in [0.15, 0.2) is 29.6 Å². The van der Waals surface area contributed by atoms with Crippen LogP contribution in [0.3, 0.4) is 0 Å². The van der Waals surface area contributed by atoms with Gasteiger partial charge in [-0.1, -0.05) is 12.1 Å². The lowest BCUT2D eigenvalue weighted by atomic mass is 10.1.